The van der Waals surface area contributed by atoms with Crippen LogP contribution in [0.15, 0.2) is 29.6 Å². The molecule has 2 aromatic rings. The molecule has 1 amide bonds. The predicted octanol–water partition coefficient (Wildman–Crippen LogP) is 2.90. The van der Waals surface area contributed by atoms with Crippen LogP contribution in [0.3, 0.4) is 0 Å². The van der Waals surface area contributed by atoms with E-state index < -0.39 is 0 Å². The van der Waals surface area contributed by atoms with Crippen LogP contribution in [-0.2, 0) is 11.3 Å². The third kappa shape index (κ3) is 6.57. The highest BCUT2D eigenvalue weighted by Crippen LogP contribution is 2.24. The van der Waals surface area contributed by atoms with Gasteiger partial charge in [0, 0.05) is 36.6 Å². The van der Waals surface area contributed by atoms with E-state index in [9.17, 15) is 4.79 Å². The molecule has 1 saturated heterocycles. The van der Waals surface area contributed by atoms with Gasteiger partial charge >= 0.3 is 0 Å². The standard InChI is InChI=1S/C17H21ClN4O2S.2ClH/c18-13-3-1-2-12(8-13)15(22-4-6-24-7-5-22)10-20-17(23)14-11-25-16(9-19)21-14;;/h1-3,8,11,15H,4-7,9-10,19H2,(H,20,23);2*1H. The van der Waals surface area contributed by atoms with Crippen LogP contribution in [0.25, 0.3) is 0 Å². The molecule has 2 heterocycles. The molecule has 0 spiro atoms. The number of rotatable bonds is 6. The lowest BCUT2D eigenvalue weighted by Crippen LogP contribution is -2.43. The van der Waals surface area contributed by atoms with Crippen molar-refractivity contribution in [3.8, 4) is 0 Å². The van der Waals surface area contributed by atoms with E-state index in [1.165, 1.54) is 11.3 Å². The fourth-order valence-electron chi connectivity index (χ4n) is 2.85. The molecule has 1 unspecified atom stereocenters. The molecule has 0 aliphatic carbocycles. The van der Waals surface area contributed by atoms with Gasteiger partial charge < -0.3 is 15.8 Å². The number of hydrogen-bond acceptors (Lipinski definition) is 6. The zero-order valence-electron chi connectivity index (χ0n) is 14.6. The SMILES string of the molecule is Cl.Cl.NCc1nc(C(=O)NCC(c2cccc(Cl)c2)N2CCOCC2)cs1. The average Bonchev–Trinajstić information content (AvgIpc) is 3.12. The number of carbonyl (C=O) groups is 1. The Morgan fingerprint density at radius 1 is 1.37 bits per heavy atom. The number of benzene rings is 1. The zero-order valence-corrected chi connectivity index (χ0v) is 17.8. The zero-order chi connectivity index (χ0) is 17.6. The maximum atomic E-state index is 12.4. The number of morpholine rings is 1. The van der Waals surface area contributed by atoms with Gasteiger partial charge in [-0.25, -0.2) is 4.98 Å². The van der Waals surface area contributed by atoms with Gasteiger partial charge in [-0.1, -0.05) is 23.7 Å². The Balaban J connectivity index is 0.00000182. The van der Waals surface area contributed by atoms with Crippen LogP contribution in [0.2, 0.25) is 5.02 Å². The van der Waals surface area contributed by atoms with E-state index in [1.807, 2.05) is 24.3 Å². The second-order valence-corrected chi connectivity index (χ2v) is 7.14. The van der Waals surface area contributed by atoms with Gasteiger partial charge in [0.05, 0.1) is 19.3 Å². The first kappa shape index (κ1) is 24.1. The van der Waals surface area contributed by atoms with Crippen molar-refractivity contribution in [2.75, 3.05) is 32.8 Å². The highest BCUT2D eigenvalue weighted by molar-refractivity contribution is 7.09. The molecule has 1 aromatic heterocycles. The molecule has 0 bridgehead atoms. The van der Waals surface area contributed by atoms with E-state index in [4.69, 9.17) is 22.1 Å². The Labute approximate surface area is 180 Å². The minimum atomic E-state index is -0.184. The molecule has 6 nitrogen and oxygen atoms in total. The van der Waals surface area contributed by atoms with Gasteiger partial charge in [-0.05, 0) is 17.7 Å². The predicted molar refractivity (Wildman–Crippen MR) is 113 cm³/mol. The first-order chi connectivity index (χ1) is 12.2. The first-order valence-corrected chi connectivity index (χ1v) is 9.43. The summed E-state index contributed by atoms with van der Waals surface area (Å²) >= 11 is 7.55. The van der Waals surface area contributed by atoms with Crippen LogP contribution in [0, 0.1) is 0 Å². The summed E-state index contributed by atoms with van der Waals surface area (Å²) in [7, 11) is 0. The summed E-state index contributed by atoms with van der Waals surface area (Å²) in [6.07, 6.45) is 0. The number of carbonyl (C=O) groups excluding carboxylic acids is 1. The van der Waals surface area contributed by atoms with Crippen molar-refractivity contribution in [2.45, 2.75) is 12.6 Å². The van der Waals surface area contributed by atoms with Crippen molar-refractivity contribution >= 4 is 53.7 Å². The number of halogens is 3. The monoisotopic (exact) mass is 452 g/mol. The molecule has 27 heavy (non-hydrogen) atoms. The van der Waals surface area contributed by atoms with Gasteiger partial charge in [0.15, 0.2) is 0 Å². The number of nitrogens with zero attached hydrogens (tertiary/aromatic N) is 2. The number of thiazole rings is 1. The van der Waals surface area contributed by atoms with E-state index in [0.29, 0.717) is 37.0 Å². The lowest BCUT2D eigenvalue weighted by Gasteiger charge is -2.35. The second-order valence-electron chi connectivity index (χ2n) is 5.76. The van der Waals surface area contributed by atoms with E-state index in [2.05, 4.69) is 15.2 Å². The third-order valence-corrected chi connectivity index (χ3v) is 5.24. The fraction of sp³-hybridized carbons (Fsp3) is 0.412. The van der Waals surface area contributed by atoms with Crippen molar-refractivity contribution in [3.63, 3.8) is 0 Å². The van der Waals surface area contributed by atoms with E-state index in [-0.39, 0.29) is 36.8 Å². The van der Waals surface area contributed by atoms with Crippen molar-refractivity contribution in [2.24, 2.45) is 5.73 Å². The number of hydrogen-bond donors (Lipinski definition) is 2. The van der Waals surface area contributed by atoms with E-state index in [0.717, 1.165) is 23.7 Å². The second kappa shape index (κ2) is 11.8. The Kier molecular flexibility index (Phi) is 10.5. The Morgan fingerprint density at radius 2 is 2.11 bits per heavy atom. The molecule has 3 rings (SSSR count). The topological polar surface area (TPSA) is 80.5 Å². The van der Waals surface area contributed by atoms with Gasteiger partial charge in [0.25, 0.3) is 5.91 Å². The average molecular weight is 454 g/mol. The van der Waals surface area contributed by atoms with Crippen LogP contribution in [-0.4, -0.2) is 48.6 Å². The number of nitrogens with one attached hydrogen (secondary N) is 1. The Morgan fingerprint density at radius 3 is 2.74 bits per heavy atom. The molecule has 1 aliphatic rings. The molecule has 1 fully saturated rings. The third-order valence-electron chi connectivity index (χ3n) is 4.13. The molecule has 1 aromatic carbocycles. The van der Waals surface area contributed by atoms with Crippen molar-refractivity contribution in [1.82, 2.24) is 15.2 Å². The fourth-order valence-corrected chi connectivity index (χ4v) is 3.70. The van der Waals surface area contributed by atoms with Crippen LogP contribution in [0.5, 0.6) is 0 Å². The van der Waals surface area contributed by atoms with Gasteiger partial charge in [0.2, 0.25) is 0 Å². The van der Waals surface area contributed by atoms with Crippen LogP contribution in [0.1, 0.15) is 27.1 Å². The van der Waals surface area contributed by atoms with Gasteiger partial charge in [0.1, 0.15) is 10.7 Å². The van der Waals surface area contributed by atoms with Gasteiger partial charge in [-0.2, -0.15) is 0 Å². The number of amides is 1. The number of aromatic nitrogens is 1. The molecular formula is C17H23Cl3N4O2S. The summed E-state index contributed by atoms with van der Waals surface area (Å²) in [6.45, 7) is 3.85. The summed E-state index contributed by atoms with van der Waals surface area (Å²) in [5, 5.41) is 6.17. The largest absolute Gasteiger partial charge is 0.379 e. The van der Waals surface area contributed by atoms with Crippen molar-refractivity contribution in [3.05, 3.63) is 50.9 Å². The van der Waals surface area contributed by atoms with Gasteiger partial charge in [-0.15, -0.1) is 36.2 Å². The Hall–Kier alpha value is -0.930. The summed E-state index contributed by atoms with van der Waals surface area (Å²) < 4.78 is 5.44. The number of nitrogens with two attached hydrogens (primary N) is 1. The lowest BCUT2D eigenvalue weighted by atomic mass is 10.0. The summed E-state index contributed by atoms with van der Waals surface area (Å²) in [5.41, 5.74) is 7.05. The van der Waals surface area contributed by atoms with Crippen LogP contribution < -0.4 is 11.1 Å². The first-order valence-electron chi connectivity index (χ1n) is 8.17. The molecular weight excluding hydrogens is 431 g/mol. The highest BCUT2D eigenvalue weighted by Gasteiger charge is 2.24. The smallest absolute Gasteiger partial charge is 0.270 e. The van der Waals surface area contributed by atoms with Crippen LogP contribution >= 0.6 is 47.8 Å². The number of ether oxygens (including phenoxy) is 1. The van der Waals surface area contributed by atoms with Crippen LogP contribution in [0.4, 0.5) is 0 Å². The quantitative estimate of drug-likeness (QED) is 0.703. The minimum Gasteiger partial charge on any atom is -0.379 e. The molecule has 10 heteroatoms. The maximum Gasteiger partial charge on any atom is 0.270 e. The lowest BCUT2D eigenvalue weighted by molar-refractivity contribution is 0.0162. The molecule has 1 atom stereocenters. The summed E-state index contributed by atoms with van der Waals surface area (Å²) in [4.78, 5) is 18.9. The Bertz CT molecular complexity index is 726. The molecule has 0 saturated carbocycles. The van der Waals surface area contributed by atoms with Crippen molar-refractivity contribution in [1.29, 1.82) is 0 Å². The van der Waals surface area contributed by atoms with Gasteiger partial charge in [-0.3, -0.25) is 9.69 Å². The molecule has 0 radical (unpaired) electrons. The summed E-state index contributed by atoms with van der Waals surface area (Å²) in [6, 6.07) is 7.81. The maximum absolute atomic E-state index is 12.4. The van der Waals surface area contributed by atoms with Crippen molar-refractivity contribution < 1.29 is 9.53 Å². The normalized spacial score (nSPS) is 15.3. The van der Waals surface area contributed by atoms with E-state index >= 15 is 0 Å². The molecule has 1 aliphatic heterocycles. The molecule has 150 valence electrons. The van der Waals surface area contributed by atoms with E-state index in [1.54, 1.807) is 5.38 Å². The molecule has 3 N–H and O–H groups in total. The highest BCUT2D eigenvalue weighted by atomic mass is 35.5. The summed E-state index contributed by atoms with van der Waals surface area (Å²) in [5.74, 6) is -0.184. The minimum absolute atomic E-state index is 0.